The Morgan fingerprint density at radius 2 is 1.96 bits per heavy atom. The second-order valence-electron chi connectivity index (χ2n) is 5.58. The van der Waals surface area contributed by atoms with Crippen LogP contribution in [0, 0.1) is 18.3 Å². The van der Waals surface area contributed by atoms with Gasteiger partial charge < -0.3 is 9.15 Å². The second-order valence-corrected chi connectivity index (χ2v) is 5.58. The smallest absolute Gasteiger partial charge is 0.349 e. The molecule has 0 saturated heterocycles. The maximum atomic E-state index is 11.9. The van der Waals surface area contributed by atoms with Crippen molar-refractivity contribution in [1.82, 2.24) is 0 Å². The molecule has 124 valence electrons. The molecule has 0 spiro atoms. The Balaban J connectivity index is 2.07. The van der Waals surface area contributed by atoms with Crippen LogP contribution in [0.4, 0.5) is 0 Å². The lowest BCUT2D eigenvalue weighted by atomic mass is 10.1. The molecule has 0 aliphatic heterocycles. The minimum absolute atomic E-state index is 0.0590. The van der Waals surface area contributed by atoms with Crippen molar-refractivity contribution in [2.45, 2.75) is 33.1 Å². The Bertz CT molecular complexity index is 748. The summed E-state index contributed by atoms with van der Waals surface area (Å²) in [6.07, 6.45) is 4.27. The Labute approximate surface area is 142 Å². The molecule has 24 heavy (non-hydrogen) atoms. The molecule has 1 heterocycles. The number of nitrogens with zero attached hydrogens (tertiary/aromatic N) is 1. The summed E-state index contributed by atoms with van der Waals surface area (Å²) < 4.78 is 10.8. The molecule has 4 heteroatoms. The van der Waals surface area contributed by atoms with Gasteiger partial charge in [-0.25, -0.2) is 4.79 Å². The molecule has 0 N–H and O–H groups in total. The van der Waals surface area contributed by atoms with Gasteiger partial charge >= 0.3 is 5.97 Å². The highest BCUT2D eigenvalue weighted by Crippen LogP contribution is 2.23. The quantitative estimate of drug-likeness (QED) is 0.315. The summed E-state index contributed by atoms with van der Waals surface area (Å²) in [4.78, 5) is 11.9. The van der Waals surface area contributed by atoms with Crippen molar-refractivity contribution in [3.63, 3.8) is 0 Å². The molecule has 0 atom stereocenters. The van der Waals surface area contributed by atoms with Crippen molar-refractivity contribution in [3.05, 3.63) is 53.3 Å². The molecular weight excluding hydrogens is 302 g/mol. The minimum Gasteiger partial charge on any atom is -0.462 e. The third-order valence-corrected chi connectivity index (χ3v) is 3.57. The Kier molecular flexibility index (Phi) is 6.39. The average Bonchev–Trinajstić information content (AvgIpc) is 3.05. The van der Waals surface area contributed by atoms with Crippen LogP contribution >= 0.6 is 0 Å². The van der Waals surface area contributed by atoms with Crippen LogP contribution in [0.15, 0.2) is 46.4 Å². The van der Waals surface area contributed by atoms with E-state index in [0.29, 0.717) is 18.1 Å². The molecule has 2 rings (SSSR count). The van der Waals surface area contributed by atoms with Crippen LogP contribution in [0.2, 0.25) is 0 Å². The van der Waals surface area contributed by atoms with E-state index in [1.54, 1.807) is 6.07 Å². The van der Waals surface area contributed by atoms with Crippen molar-refractivity contribution >= 4 is 12.0 Å². The monoisotopic (exact) mass is 323 g/mol. The van der Waals surface area contributed by atoms with Crippen molar-refractivity contribution in [2.24, 2.45) is 0 Å². The first-order chi connectivity index (χ1) is 11.6. The third kappa shape index (κ3) is 4.85. The van der Waals surface area contributed by atoms with Gasteiger partial charge in [0.1, 0.15) is 23.2 Å². The van der Waals surface area contributed by atoms with Crippen LogP contribution in [0.5, 0.6) is 0 Å². The van der Waals surface area contributed by atoms with E-state index in [-0.39, 0.29) is 5.57 Å². The number of hydrogen-bond donors (Lipinski definition) is 0. The maximum absolute atomic E-state index is 11.9. The molecule has 0 unspecified atom stereocenters. The fourth-order valence-electron chi connectivity index (χ4n) is 2.18. The largest absolute Gasteiger partial charge is 0.462 e. The van der Waals surface area contributed by atoms with Crippen molar-refractivity contribution in [3.8, 4) is 17.4 Å². The molecule has 0 aliphatic carbocycles. The van der Waals surface area contributed by atoms with Crippen LogP contribution < -0.4 is 0 Å². The zero-order valence-electron chi connectivity index (χ0n) is 14.0. The number of esters is 1. The van der Waals surface area contributed by atoms with Gasteiger partial charge in [0.2, 0.25) is 0 Å². The van der Waals surface area contributed by atoms with Gasteiger partial charge in [0, 0.05) is 11.6 Å². The van der Waals surface area contributed by atoms with E-state index >= 15 is 0 Å². The average molecular weight is 323 g/mol. The number of nitriles is 1. The van der Waals surface area contributed by atoms with Gasteiger partial charge in [0.15, 0.2) is 0 Å². The number of aryl methyl sites for hydroxylation is 1. The first kappa shape index (κ1) is 17.6. The number of carbonyl (C=O) groups is 1. The molecule has 4 nitrogen and oxygen atoms in total. The molecule has 0 amide bonds. The Hall–Kier alpha value is -2.80. The Morgan fingerprint density at radius 3 is 2.62 bits per heavy atom. The van der Waals surface area contributed by atoms with Crippen molar-refractivity contribution < 1.29 is 13.9 Å². The van der Waals surface area contributed by atoms with Crippen molar-refractivity contribution in [1.29, 1.82) is 5.26 Å². The van der Waals surface area contributed by atoms with Crippen LogP contribution in [-0.2, 0) is 9.53 Å². The standard InChI is InChI=1S/C20H21NO3/c1-3-4-5-12-23-20(22)17(14-21)13-18-10-11-19(24-18)16-8-6-15(2)7-9-16/h6-11,13H,3-5,12H2,1-2H3. The molecule has 0 saturated carbocycles. The molecule has 0 aliphatic rings. The van der Waals surface area contributed by atoms with E-state index in [1.807, 2.05) is 43.3 Å². The third-order valence-electron chi connectivity index (χ3n) is 3.57. The predicted molar refractivity (Wildman–Crippen MR) is 93.0 cm³/mol. The van der Waals surface area contributed by atoms with Crippen LogP contribution in [-0.4, -0.2) is 12.6 Å². The normalized spacial score (nSPS) is 11.1. The van der Waals surface area contributed by atoms with Crippen molar-refractivity contribution in [2.75, 3.05) is 6.61 Å². The second kappa shape index (κ2) is 8.73. The number of unbranched alkanes of at least 4 members (excludes halogenated alkanes) is 2. The van der Waals surface area contributed by atoms with E-state index < -0.39 is 5.97 Å². The van der Waals surface area contributed by atoms with Crippen LogP contribution in [0.3, 0.4) is 0 Å². The highest BCUT2D eigenvalue weighted by atomic mass is 16.5. The molecular formula is C20H21NO3. The van der Waals surface area contributed by atoms with Crippen LogP contribution in [0.1, 0.15) is 37.5 Å². The zero-order valence-corrected chi connectivity index (χ0v) is 14.0. The molecule has 0 fully saturated rings. The maximum Gasteiger partial charge on any atom is 0.349 e. The summed E-state index contributed by atoms with van der Waals surface area (Å²) in [5.41, 5.74) is 2.06. The summed E-state index contributed by atoms with van der Waals surface area (Å²) >= 11 is 0. The lowest BCUT2D eigenvalue weighted by Crippen LogP contribution is -2.07. The number of rotatable bonds is 7. The number of ether oxygens (including phenoxy) is 1. The predicted octanol–water partition coefficient (Wildman–Crippen LogP) is 4.90. The lowest BCUT2D eigenvalue weighted by Gasteiger charge is -2.02. The van der Waals surface area contributed by atoms with Gasteiger partial charge in [-0.3, -0.25) is 0 Å². The van der Waals surface area contributed by atoms with E-state index in [2.05, 4.69) is 6.92 Å². The SMILES string of the molecule is CCCCCOC(=O)C(C#N)=Cc1ccc(-c2ccc(C)cc2)o1. The highest BCUT2D eigenvalue weighted by molar-refractivity contribution is 5.97. The summed E-state index contributed by atoms with van der Waals surface area (Å²) in [6, 6.07) is 13.4. The van der Waals surface area contributed by atoms with E-state index in [4.69, 9.17) is 14.4 Å². The van der Waals surface area contributed by atoms with E-state index in [1.165, 1.54) is 11.6 Å². The first-order valence-corrected chi connectivity index (χ1v) is 8.10. The zero-order chi connectivity index (χ0) is 17.4. The van der Waals surface area contributed by atoms with Gasteiger partial charge in [-0.05, 0) is 25.5 Å². The topological polar surface area (TPSA) is 63.2 Å². The molecule has 2 aromatic rings. The van der Waals surface area contributed by atoms with Gasteiger partial charge in [-0.1, -0.05) is 49.6 Å². The summed E-state index contributed by atoms with van der Waals surface area (Å²) in [5, 5.41) is 9.15. The number of hydrogen-bond acceptors (Lipinski definition) is 4. The fraction of sp³-hybridized carbons (Fsp3) is 0.300. The fourth-order valence-corrected chi connectivity index (χ4v) is 2.18. The van der Waals surface area contributed by atoms with Gasteiger partial charge in [-0.2, -0.15) is 5.26 Å². The van der Waals surface area contributed by atoms with E-state index in [9.17, 15) is 4.79 Å². The highest BCUT2D eigenvalue weighted by Gasteiger charge is 2.12. The number of furan rings is 1. The summed E-state index contributed by atoms with van der Waals surface area (Å²) in [5.74, 6) is 0.532. The number of benzene rings is 1. The van der Waals surface area contributed by atoms with Gasteiger partial charge in [0.25, 0.3) is 0 Å². The van der Waals surface area contributed by atoms with Crippen LogP contribution in [0.25, 0.3) is 17.4 Å². The molecule has 1 aromatic heterocycles. The van der Waals surface area contributed by atoms with Gasteiger partial charge in [-0.15, -0.1) is 0 Å². The molecule has 0 radical (unpaired) electrons. The lowest BCUT2D eigenvalue weighted by molar-refractivity contribution is -0.138. The molecule has 0 bridgehead atoms. The van der Waals surface area contributed by atoms with E-state index in [0.717, 1.165) is 24.8 Å². The molecule has 1 aromatic carbocycles. The summed E-state index contributed by atoms with van der Waals surface area (Å²) in [7, 11) is 0. The minimum atomic E-state index is -0.609. The number of carbonyl (C=O) groups excluding carboxylic acids is 1. The summed E-state index contributed by atoms with van der Waals surface area (Å²) in [6.45, 7) is 4.43. The first-order valence-electron chi connectivity index (χ1n) is 8.10. The Morgan fingerprint density at radius 1 is 1.21 bits per heavy atom. The van der Waals surface area contributed by atoms with Gasteiger partial charge in [0.05, 0.1) is 6.61 Å².